The van der Waals surface area contributed by atoms with Gasteiger partial charge in [0.25, 0.3) is 5.91 Å². The van der Waals surface area contributed by atoms with Crippen molar-refractivity contribution in [2.24, 2.45) is 0 Å². The fourth-order valence-electron chi connectivity index (χ4n) is 4.23. The molecule has 1 atom stereocenters. The monoisotopic (exact) mass is 440 g/mol. The molecule has 2 amide bonds. The number of amides is 2. The highest BCUT2D eigenvalue weighted by Crippen LogP contribution is 2.27. The second-order valence-corrected chi connectivity index (χ2v) is 7.66. The Bertz CT molecular complexity index is 1030. The van der Waals surface area contributed by atoms with E-state index in [1.54, 1.807) is 40.1 Å². The number of carbonyl (C=O) groups is 2. The smallest absolute Gasteiger partial charge is 0.387 e. The molecule has 32 heavy (non-hydrogen) atoms. The van der Waals surface area contributed by atoms with Gasteiger partial charge >= 0.3 is 6.61 Å². The van der Waals surface area contributed by atoms with Gasteiger partial charge in [0.1, 0.15) is 5.75 Å². The van der Waals surface area contributed by atoms with Gasteiger partial charge in [-0.1, -0.05) is 12.1 Å². The normalized spacial score (nSPS) is 19.3. The van der Waals surface area contributed by atoms with E-state index in [-0.39, 0.29) is 29.2 Å². The molecule has 9 heteroatoms. The van der Waals surface area contributed by atoms with Crippen LogP contribution in [0, 0.1) is 11.3 Å². The van der Waals surface area contributed by atoms with Crippen LogP contribution in [0.5, 0.6) is 5.75 Å². The minimum Gasteiger partial charge on any atom is -0.434 e. The van der Waals surface area contributed by atoms with Crippen molar-refractivity contribution in [2.45, 2.75) is 19.1 Å². The third kappa shape index (κ3) is 4.41. The van der Waals surface area contributed by atoms with Crippen molar-refractivity contribution in [3.05, 3.63) is 59.7 Å². The molecule has 0 aliphatic carbocycles. The lowest BCUT2D eigenvalue weighted by Crippen LogP contribution is -2.53. The second-order valence-electron chi connectivity index (χ2n) is 7.66. The standard InChI is InChI=1S/C23H22F2N4O3/c24-23(25)32-20-4-2-1-3-18(20)21(30)28-13-11-27(12-14-28)19-9-10-29(22(19)31)17-7-5-16(15-26)6-8-17/h1-8,19,23H,9-14H2. The van der Waals surface area contributed by atoms with Crippen molar-refractivity contribution in [3.63, 3.8) is 0 Å². The van der Waals surface area contributed by atoms with Crippen LogP contribution >= 0.6 is 0 Å². The van der Waals surface area contributed by atoms with E-state index in [0.29, 0.717) is 44.7 Å². The molecular formula is C23H22F2N4O3. The molecule has 7 nitrogen and oxygen atoms in total. The van der Waals surface area contributed by atoms with Gasteiger partial charge in [-0.05, 0) is 42.8 Å². The molecule has 2 fully saturated rings. The molecule has 2 aromatic rings. The number of ether oxygens (including phenoxy) is 1. The zero-order chi connectivity index (χ0) is 22.7. The number of hydrogen-bond donors (Lipinski definition) is 0. The van der Waals surface area contributed by atoms with Gasteiger partial charge in [0, 0.05) is 38.4 Å². The predicted octanol–water partition coefficient (Wildman–Crippen LogP) is 2.72. The highest BCUT2D eigenvalue weighted by molar-refractivity contribution is 5.99. The number of carbonyl (C=O) groups excluding carboxylic acids is 2. The number of benzene rings is 2. The number of anilines is 1. The Morgan fingerprint density at radius 1 is 1.03 bits per heavy atom. The third-order valence-corrected chi connectivity index (χ3v) is 5.86. The lowest BCUT2D eigenvalue weighted by atomic mass is 10.1. The summed E-state index contributed by atoms with van der Waals surface area (Å²) in [6.45, 7) is -0.603. The molecule has 2 saturated heterocycles. The molecule has 2 aliphatic rings. The summed E-state index contributed by atoms with van der Waals surface area (Å²) in [5.74, 6) is -0.498. The van der Waals surface area contributed by atoms with Crippen LogP contribution < -0.4 is 9.64 Å². The van der Waals surface area contributed by atoms with Gasteiger partial charge in [0.2, 0.25) is 5.91 Å². The number of alkyl halides is 2. The van der Waals surface area contributed by atoms with E-state index in [9.17, 15) is 18.4 Å². The Kier molecular flexibility index (Phi) is 6.32. The van der Waals surface area contributed by atoms with Gasteiger partial charge < -0.3 is 14.5 Å². The van der Waals surface area contributed by atoms with Crippen LogP contribution in [0.15, 0.2) is 48.5 Å². The van der Waals surface area contributed by atoms with Crippen molar-refractivity contribution in [1.82, 2.24) is 9.80 Å². The van der Waals surface area contributed by atoms with Crippen molar-refractivity contribution < 1.29 is 23.1 Å². The number of nitrogens with zero attached hydrogens (tertiary/aromatic N) is 4. The molecule has 4 rings (SSSR count). The summed E-state index contributed by atoms with van der Waals surface area (Å²) in [7, 11) is 0. The Balaban J connectivity index is 1.37. The number of nitriles is 1. The maximum atomic E-state index is 13.0. The predicted molar refractivity (Wildman–Crippen MR) is 112 cm³/mol. The number of halogens is 2. The Morgan fingerprint density at radius 2 is 1.72 bits per heavy atom. The highest BCUT2D eigenvalue weighted by atomic mass is 19.3. The lowest BCUT2D eigenvalue weighted by molar-refractivity contribution is -0.122. The van der Waals surface area contributed by atoms with Crippen LogP contribution in [0.3, 0.4) is 0 Å². The zero-order valence-corrected chi connectivity index (χ0v) is 17.3. The molecule has 0 N–H and O–H groups in total. The molecule has 0 aromatic heterocycles. The lowest BCUT2D eigenvalue weighted by Gasteiger charge is -2.37. The van der Waals surface area contributed by atoms with Crippen LogP contribution in [0.2, 0.25) is 0 Å². The first-order chi connectivity index (χ1) is 15.5. The van der Waals surface area contributed by atoms with Crippen LogP contribution in [-0.2, 0) is 4.79 Å². The van der Waals surface area contributed by atoms with E-state index in [2.05, 4.69) is 15.7 Å². The Hall–Kier alpha value is -3.51. The summed E-state index contributed by atoms with van der Waals surface area (Å²) in [5.41, 5.74) is 1.41. The third-order valence-electron chi connectivity index (χ3n) is 5.86. The molecule has 2 heterocycles. The molecule has 0 bridgehead atoms. The van der Waals surface area contributed by atoms with E-state index in [4.69, 9.17) is 5.26 Å². The van der Waals surface area contributed by atoms with Gasteiger partial charge in [-0.3, -0.25) is 14.5 Å². The van der Waals surface area contributed by atoms with Crippen LogP contribution in [0.25, 0.3) is 0 Å². The first kappa shape index (κ1) is 21.7. The van der Waals surface area contributed by atoms with Gasteiger partial charge in [-0.25, -0.2) is 0 Å². The topological polar surface area (TPSA) is 76.9 Å². The fourth-order valence-corrected chi connectivity index (χ4v) is 4.23. The molecule has 0 spiro atoms. The Morgan fingerprint density at radius 3 is 2.38 bits per heavy atom. The summed E-state index contributed by atoms with van der Waals surface area (Å²) in [5, 5.41) is 8.94. The highest BCUT2D eigenvalue weighted by Gasteiger charge is 2.38. The largest absolute Gasteiger partial charge is 0.434 e. The number of rotatable bonds is 5. The SMILES string of the molecule is N#Cc1ccc(N2CCC(N3CCN(C(=O)c4ccccc4OC(F)F)CC3)C2=O)cc1. The average Bonchev–Trinajstić information content (AvgIpc) is 3.20. The molecule has 0 saturated carbocycles. The van der Waals surface area contributed by atoms with Crippen molar-refractivity contribution in [3.8, 4) is 11.8 Å². The van der Waals surface area contributed by atoms with Crippen molar-refractivity contribution >= 4 is 17.5 Å². The first-order valence-corrected chi connectivity index (χ1v) is 10.4. The van der Waals surface area contributed by atoms with Crippen LogP contribution in [-0.4, -0.2) is 67.0 Å². The maximum absolute atomic E-state index is 13.0. The van der Waals surface area contributed by atoms with E-state index >= 15 is 0 Å². The second kappa shape index (κ2) is 9.32. The van der Waals surface area contributed by atoms with Crippen LogP contribution in [0.4, 0.5) is 14.5 Å². The summed E-state index contributed by atoms with van der Waals surface area (Å²) in [6, 6.07) is 14.7. The first-order valence-electron chi connectivity index (χ1n) is 10.4. The van der Waals surface area contributed by atoms with Gasteiger partial charge in [0.05, 0.1) is 23.2 Å². The molecule has 2 aromatic carbocycles. The molecule has 0 radical (unpaired) electrons. The van der Waals surface area contributed by atoms with Crippen molar-refractivity contribution in [2.75, 3.05) is 37.6 Å². The summed E-state index contributed by atoms with van der Waals surface area (Å²) < 4.78 is 29.8. The Labute approximate surface area is 184 Å². The number of hydrogen-bond acceptors (Lipinski definition) is 5. The van der Waals surface area contributed by atoms with E-state index < -0.39 is 6.61 Å². The van der Waals surface area contributed by atoms with E-state index in [0.717, 1.165) is 5.69 Å². The molecular weight excluding hydrogens is 418 g/mol. The fraction of sp³-hybridized carbons (Fsp3) is 0.348. The molecule has 166 valence electrons. The molecule has 1 unspecified atom stereocenters. The number of para-hydroxylation sites is 1. The van der Waals surface area contributed by atoms with Gasteiger partial charge in [-0.15, -0.1) is 0 Å². The van der Waals surface area contributed by atoms with E-state index in [1.807, 2.05) is 0 Å². The van der Waals surface area contributed by atoms with Crippen LogP contribution in [0.1, 0.15) is 22.3 Å². The quantitative estimate of drug-likeness (QED) is 0.715. The maximum Gasteiger partial charge on any atom is 0.387 e. The average molecular weight is 440 g/mol. The van der Waals surface area contributed by atoms with Gasteiger partial charge in [-0.2, -0.15) is 14.0 Å². The van der Waals surface area contributed by atoms with Gasteiger partial charge in [0.15, 0.2) is 0 Å². The minimum atomic E-state index is -3.01. The zero-order valence-electron chi connectivity index (χ0n) is 17.3. The van der Waals surface area contributed by atoms with E-state index in [1.165, 1.54) is 18.2 Å². The number of piperazine rings is 1. The van der Waals surface area contributed by atoms with Crippen molar-refractivity contribution in [1.29, 1.82) is 5.26 Å². The minimum absolute atomic E-state index is 0.00478. The molecule has 2 aliphatic heterocycles. The summed E-state index contributed by atoms with van der Waals surface area (Å²) in [4.78, 5) is 31.3. The summed E-state index contributed by atoms with van der Waals surface area (Å²) in [6.07, 6.45) is 0.678. The summed E-state index contributed by atoms with van der Waals surface area (Å²) >= 11 is 0.